The van der Waals surface area contributed by atoms with Crippen molar-refractivity contribution >= 4 is 16.7 Å². The van der Waals surface area contributed by atoms with Gasteiger partial charge in [0.05, 0.1) is 12.8 Å². The van der Waals surface area contributed by atoms with Gasteiger partial charge in [-0.25, -0.2) is 9.97 Å². The molecule has 6 nitrogen and oxygen atoms in total. The molecular weight excluding hydrogens is 286 g/mol. The van der Waals surface area contributed by atoms with Crippen molar-refractivity contribution in [1.82, 2.24) is 19.2 Å². The van der Waals surface area contributed by atoms with E-state index in [4.69, 9.17) is 4.74 Å². The number of rotatable bonds is 4. The van der Waals surface area contributed by atoms with Crippen LogP contribution in [0.2, 0.25) is 0 Å². The van der Waals surface area contributed by atoms with Crippen LogP contribution in [0, 0.1) is 6.92 Å². The zero-order valence-electron chi connectivity index (χ0n) is 12.3. The van der Waals surface area contributed by atoms with Crippen molar-refractivity contribution in [3.63, 3.8) is 0 Å². The third-order valence-electron chi connectivity index (χ3n) is 3.54. The second kappa shape index (κ2) is 6.36. The first-order valence-electron chi connectivity index (χ1n) is 7.02. The number of hydrogen-bond acceptors (Lipinski definition) is 7. The van der Waals surface area contributed by atoms with Crippen LogP contribution in [0.3, 0.4) is 0 Å². The van der Waals surface area contributed by atoms with Gasteiger partial charge >= 0.3 is 0 Å². The average molecular weight is 305 g/mol. The lowest BCUT2D eigenvalue weighted by atomic mass is 10.3. The third kappa shape index (κ3) is 3.48. The SMILES string of the molecule is COc1cccc(CN2CCN(c3nc(C)ns3)CC2)n1. The van der Waals surface area contributed by atoms with Crippen molar-refractivity contribution < 1.29 is 4.74 Å². The minimum atomic E-state index is 0.676. The molecular formula is C14H19N5OS. The summed E-state index contributed by atoms with van der Waals surface area (Å²) in [4.78, 5) is 13.6. The van der Waals surface area contributed by atoms with Crippen LogP contribution >= 0.6 is 11.5 Å². The van der Waals surface area contributed by atoms with Crippen LogP contribution in [0.25, 0.3) is 0 Å². The van der Waals surface area contributed by atoms with Crippen LogP contribution in [0.15, 0.2) is 18.2 Å². The fraction of sp³-hybridized carbons (Fsp3) is 0.500. The van der Waals surface area contributed by atoms with Crippen molar-refractivity contribution in [2.24, 2.45) is 0 Å². The van der Waals surface area contributed by atoms with Crippen molar-refractivity contribution in [2.75, 3.05) is 38.2 Å². The Balaban J connectivity index is 1.56. The second-order valence-corrected chi connectivity index (χ2v) is 5.79. The van der Waals surface area contributed by atoms with Gasteiger partial charge in [0.25, 0.3) is 0 Å². The molecule has 0 aromatic carbocycles. The van der Waals surface area contributed by atoms with Gasteiger partial charge in [-0.1, -0.05) is 6.07 Å². The number of anilines is 1. The molecule has 2 aromatic rings. The Labute approximate surface area is 128 Å². The van der Waals surface area contributed by atoms with Gasteiger partial charge in [0, 0.05) is 50.3 Å². The van der Waals surface area contributed by atoms with Gasteiger partial charge in [-0.2, -0.15) is 4.37 Å². The Morgan fingerprint density at radius 3 is 2.67 bits per heavy atom. The molecule has 0 unspecified atom stereocenters. The summed E-state index contributed by atoms with van der Waals surface area (Å²) in [7, 11) is 1.65. The van der Waals surface area contributed by atoms with E-state index < -0.39 is 0 Å². The number of pyridine rings is 1. The summed E-state index contributed by atoms with van der Waals surface area (Å²) in [6.45, 7) is 6.79. The van der Waals surface area contributed by atoms with Gasteiger partial charge in [0.15, 0.2) is 0 Å². The topological polar surface area (TPSA) is 54.4 Å². The van der Waals surface area contributed by atoms with Gasteiger partial charge < -0.3 is 9.64 Å². The molecule has 3 rings (SSSR count). The first-order chi connectivity index (χ1) is 10.2. The molecule has 1 fully saturated rings. The van der Waals surface area contributed by atoms with Crippen LogP contribution in [-0.4, -0.2) is 52.5 Å². The fourth-order valence-electron chi connectivity index (χ4n) is 2.40. The number of piperazine rings is 1. The number of aryl methyl sites for hydroxylation is 1. The molecule has 7 heteroatoms. The predicted molar refractivity (Wildman–Crippen MR) is 82.9 cm³/mol. The monoisotopic (exact) mass is 305 g/mol. The molecule has 1 aliphatic rings. The molecule has 0 radical (unpaired) electrons. The Kier molecular flexibility index (Phi) is 4.31. The van der Waals surface area contributed by atoms with Crippen LogP contribution in [0.1, 0.15) is 11.5 Å². The molecule has 3 heterocycles. The summed E-state index contributed by atoms with van der Waals surface area (Å²) in [5.41, 5.74) is 1.05. The highest BCUT2D eigenvalue weighted by Crippen LogP contribution is 2.19. The van der Waals surface area contributed by atoms with Crippen LogP contribution in [-0.2, 0) is 6.54 Å². The van der Waals surface area contributed by atoms with E-state index in [-0.39, 0.29) is 0 Å². The first-order valence-corrected chi connectivity index (χ1v) is 7.79. The van der Waals surface area contributed by atoms with E-state index in [1.54, 1.807) is 7.11 Å². The quantitative estimate of drug-likeness (QED) is 0.855. The van der Waals surface area contributed by atoms with Crippen molar-refractivity contribution in [3.05, 3.63) is 29.7 Å². The molecule has 0 saturated carbocycles. The van der Waals surface area contributed by atoms with E-state index in [9.17, 15) is 0 Å². The van der Waals surface area contributed by atoms with Gasteiger partial charge in [-0.05, 0) is 13.0 Å². The van der Waals surface area contributed by atoms with Crippen molar-refractivity contribution in [1.29, 1.82) is 0 Å². The summed E-state index contributed by atoms with van der Waals surface area (Å²) >= 11 is 1.48. The molecule has 0 spiro atoms. The lowest BCUT2D eigenvalue weighted by Gasteiger charge is -2.34. The molecule has 0 aliphatic carbocycles. The second-order valence-electron chi connectivity index (χ2n) is 5.06. The molecule has 1 saturated heterocycles. The maximum atomic E-state index is 5.17. The normalized spacial score (nSPS) is 16.2. The molecule has 2 aromatic heterocycles. The molecule has 0 bridgehead atoms. The highest BCUT2D eigenvalue weighted by atomic mass is 32.1. The van der Waals surface area contributed by atoms with Crippen LogP contribution < -0.4 is 9.64 Å². The van der Waals surface area contributed by atoms with Gasteiger partial charge in [0.2, 0.25) is 11.0 Å². The number of methoxy groups -OCH3 is 1. The van der Waals surface area contributed by atoms with Crippen LogP contribution in [0.4, 0.5) is 5.13 Å². The number of aromatic nitrogens is 3. The van der Waals surface area contributed by atoms with Gasteiger partial charge in [-0.3, -0.25) is 4.90 Å². The smallest absolute Gasteiger partial charge is 0.213 e. The maximum absolute atomic E-state index is 5.17. The minimum absolute atomic E-state index is 0.676. The largest absolute Gasteiger partial charge is 0.481 e. The summed E-state index contributed by atoms with van der Waals surface area (Å²) in [6.07, 6.45) is 0. The lowest BCUT2D eigenvalue weighted by molar-refractivity contribution is 0.246. The average Bonchev–Trinajstić information content (AvgIpc) is 2.95. The van der Waals surface area contributed by atoms with E-state index >= 15 is 0 Å². The Bertz CT molecular complexity index is 595. The summed E-state index contributed by atoms with van der Waals surface area (Å²) in [5, 5.41) is 1.03. The van der Waals surface area contributed by atoms with Crippen molar-refractivity contribution in [3.8, 4) is 5.88 Å². The Morgan fingerprint density at radius 2 is 2.00 bits per heavy atom. The van der Waals surface area contributed by atoms with E-state index in [1.165, 1.54) is 11.5 Å². The zero-order chi connectivity index (χ0) is 14.7. The van der Waals surface area contributed by atoms with E-state index in [0.717, 1.165) is 49.4 Å². The van der Waals surface area contributed by atoms with E-state index in [2.05, 4.69) is 24.1 Å². The highest BCUT2D eigenvalue weighted by molar-refractivity contribution is 7.09. The minimum Gasteiger partial charge on any atom is -0.481 e. The molecule has 0 N–H and O–H groups in total. The van der Waals surface area contributed by atoms with E-state index in [0.29, 0.717) is 5.88 Å². The molecule has 1 aliphatic heterocycles. The summed E-state index contributed by atoms with van der Waals surface area (Å²) < 4.78 is 9.42. The van der Waals surface area contributed by atoms with Crippen LogP contribution in [0.5, 0.6) is 5.88 Å². The number of ether oxygens (including phenoxy) is 1. The first kappa shape index (κ1) is 14.2. The maximum Gasteiger partial charge on any atom is 0.213 e. The Morgan fingerprint density at radius 1 is 1.19 bits per heavy atom. The molecule has 0 atom stereocenters. The van der Waals surface area contributed by atoms with Crippen molar-refractivity contribution in [2.45, 2.75) is 13.5 Å². The highest BCUT2D eigenvalue weighted by Gasteiger charge is 2.20. The fourth-order valence-corrected chi connectivity index (χ4v) is 3.13. The predicted octanol–water partition coefficient (Wildman–Crippen LogP) is 1.57. The molecule has 21 heavy (non-hydrogen) atoms. The molecule has 0 amide bonds. The lowest BCUT2D eigenvalue weighted by Crippen LogP contribution is -2.46. The number of nitrogens with zero attached hydrogens (tertiary/aromatic N) is 5. The summed E-state index contributed by atoms with van der Waals surface area (Å²) in [5.74, 6) is 1.54. The summed E-state index contributed by atoms with van der Waals surface area (Å²) in [6, 6.07) is 5.91. The standard InChI is InChI=1S/C14H19N5OS/c1-11-15-14(21-17-11)19-8-6-18(7-9-19)10-12-4-3-5-13(16-12)20-2/h3-5H,6-10H2,1-2H3. The van der Waals surface area contributed by atoms with E-state index in [1.807, 2.05) is 25.1 Å². The molecule has 112 valence electrons. The van der Waals surface area contributed by atoms with Gasteiger partial charge in [0.1, 0.15) is 5.82 Å². The number of hydrogen-bond donors (Lipinski definition) is 0. The Hall–Kier alpha value is -1.73. The third-order valence-corrected chi connectivity index (χ3v) is 4.40. The van der Waals surface area contributed by atoms with Gasteiger partial charge in [-0.15, -0.1) is 0 Å². The zero-order valence-corrected chi connectivity index (χ0v) is 13.1.